The zero-order chi connectivity index (χ0) is 5.98. The molecule has 1 saturated carbocycles. The maximum absolute atomic E-state index is 5.66. The fraction of sp³-hybridized carbons (Fsp3) is 0.714. The van der Waals surface area contributed by atoms with Crippen LogP contribution in [-0.4, -0.2) is 6.04 Å². The Bertz CT molecular complexity index is 105. The summed E-state index contributed by atoms with van der Waals surface area (Å²) >= 11 is 0. The van der Waals surface area contributed by atoms with E-state index >= 15 is 0 Å². The molecule has 0 saturated heterocycles. The molecule has 0 aromatic heterocycles. The first-order valence-electron chi connectivity index (χ1n) is 3.22. The molecule has 1 aliphatic rings. The lowest BCUT2D eigenvalue weighted by atomic mass is 10.2. The lowest BCUT2D eigenvalue weighted by molar-refractivity contribution is 0.711. The van der Waals surface area contributed by atoms with Gasteiger partial charge in [0, 0.05) is 6.04 Å². The van der Waals surface area contributed by atoms with Crippen LogP contribution < -0.4 is 5.73 Å². The van der Waals surface area contributed by atoms with Crippen LogP contribution in [0.15, 0.2) is 11.6 Å². The van der Waals surface area contributed by atoms with Crippen LogP contribution in [-0.2, 0) is 0 Å². The summed E-state index contributed by atoms with van der Waals surface area (Å²) in [7, 11) is 0. The predicted octanol–water partition coefficient (Wildman–Crippen LogP) is 1.44. The Morgan fingerprint density at radius 2 is 2.50 bits per heavy atom. The Morgan fingerprint density at radius 3 is 2.75 bits per heavy atom. The molecule has 8 heavy (non-hydrogen) atoms. The van der Waals surface area contributed by atoms with E-state index in [1.807, 2.05) is 0 Å². The quantitative estimate of drug-likeness (QED) is 0.470. The number of hydrogen-bond acceptors (Lipinski definition) is 1. The van der Waals surface area contributed by atoms with Crippen LogP contribution in [0.1, 0.15) is 26.2 Å². The molecule has 0 heterocycles. The van der Waals surface area contributed by atoms with Crippen molar-refractivity contribution in [2.45, 2.75) is 32.2 Å². The third kappa shape index (κ3) is 1.10. The molecule has 1 nitrogen and oxygen atoms in total. The van der Waals surface area contributed by atoms with E-state index in [1.54, 1.807) is 0 Å². The van der Waals surface area contributed by atoms with E-state index in [0.717, 1.165) is 6.42 Å². The van der Waals surface area contributed by atoms with Crippen LogP contribution in [0.5, 0.6) is 0 Å². The SMILES string of the molecule is CC=C1CCC(N)C1. The molecule has 0 aliphatic heterocycles. The zero-order valence-corrected chi connectivity index (χ0v) is 5.35. The molecular weight excluding hydrogens is 98.1 g/mol. The van der Waals surface area contributed by atoms with Crippen LogP contribution in [0.2, 0.25) is 0 Å². The van der Waals surface area contributed by atoms with E-state index < -0.39 is 0 Å². The van der Waals surface area contributed by atoms with Crippen molar-refractivity contribution < 1.29 is 0 Å². The largest absolute Gasteiger partial charge is 0.327 e. The summed E-state index contributed by atoms with van der Waals surface area (Å²) in [5.41, 5.74) is 7.20. The molecule has 1 aliphatic carbocycles. The van der Waals surface area contributed by atoms with E-state index in [9.17, 15) is 0 Å². The summed E-state index contributed by atoms with van der Waals surface area (Å²) in [4.78, 5) is 0. The van der Waals surface area contributed by atoms with Crippen molar-refractivity contribution in [2.24, 2.45) is 5.73 Å². The van der Waals surface area contributed by atoms with Crippen LogP contribution in [0.3, 0.4) is 0 Å². The Hall–Kier alpha value is -0.300. The monoisotopic (exact) mass is 111 g/mol. The van der Waals surface area contributed by atoms with Gasteiger partial charge in [0.2, 0.25) is 0 Å². The van der Waals surface area contributed by atoms with Gasteiger partial charge in [-0.25, -0.2) is 0 Å². The summed E-state index contributed by atoms with van der Waals surface area (Å²) in [5, 5.41) is 0. The predicted molar refractivity (Wildman–Crippen MR) is 35.6 cm³/mol. The van der Waals surface area contributed by atoms with Gasteiger partial charge < -0.3 is 5.73 Å². The summed E-state index contributed by atoms with van der Waals surface area (Å²) in [6.07, 6.45) is 5.75. The summed E-state index contributed by atoms with van der Waals surface area (Å²) in [5.74, 6) is 0. The average Bonchev–Trinajstić information content (AvgIpc) is 2.14. The molecule has 1 heteroatoms. The van der Waals surface area contributed by atoms with Gasteiger partial charge in [0.25, 0.3) is 0 Å². The van der Waals surface area contributed by atoms with Crippen LogP contribution >= 0.6 is 0 Å². The van der Waals surface area contributed by atoms with Crippen molar-refractivity contribution in [3.8, 4) is 0 Å². The van der Waals surface area contributed by atoms with Gasteiger partial charge in [-0.05, 0) is 26.2 Å². The minimum absolute atomic E-state index is 0.459. The van der Waals surface area contributed by atoms with Gasteiger partial charge in [-0.1, -0.05) is 11.6 Å². The van der Waals surface area contributed by atoms with E-state index in [0.29, 0.717) is 6.04 Å². The van der Waals surface area contributed by atoms with Gasteiger partial charge in [0.15, 0.2) is 0 Å². The highest BCUT2D eigenvalue weighted by atomic mass is 14.6. The average molecular weight is 111 g/mol. The van der Waals surface area contributed by atoms with Crippen LogP contribution in [0.25, 0.3) is 0 Å². The highest BCUT2D eigenvalue weighted by molar-refractivity contribution is 5.08. The lowest BCUT2D eigenvalue weighted by Gasteiger charge is -1.94. The molecule has 46 valence electrons. The van der Waals surface area contributed by atoms with Crippen molar-refractivity contribution in [3.05, 3.63) is 11.6 Å². The maximum atomic E-state index is 5.66. The molecule has 0 radical (unpaired) electrons. The Labute approximate surface area is 50.6 Å². The first-order chi connectivity index (χ1) is 3.83. The van der Waals surface area contributed by atoms with Crippen molar-refractivity contribution in [1.29, 1.82) is 0 Å². The molecule has 0 spiro atoms. The molecule has 1 rings (SSSR count). The summed E-state index contributed by atoms with van der Waals surface area (Å²) in [6.45, 7) is 2.09. The number of rotatable bonds is 0. The Balaban J connectivity index is 2.44. The fourth-order valence-electron chi connectivity index (χ4n) is 1.17. The zero-order valence-electron chi connectivity index (χ0n) is 5.35. The Morgan fingerprint density at radius 1 is 1.75 bits per heavy atom. The van der Waals surface area contributed by atoms with Crippen molar-refractivity contribution in [1.82, 2.24) is 0 Å². The molecule has 1 unspecified atom stereocenters. The molecule has 0 bridgehead atoms. The molecular formula is C7H13N. The van der Waals surface area contributed by atoms with E-state index in [-0.39, 0.29) is 0 Å². The highest BCUT2D eigenvalue weighted by Gasteiger charge is 2.13. The van der Waals surface area contributed by atoms with Crippen molar-refractivity contribution >= 4 is 0 Å². The molecule has 0 amide bonds. The highest BCUT2D eigenvalue weighted by Crippen LogP contribution is 2.22. The topological polar surface area (TPSA) is 26.0 Å². The second-order valence-corrected chi connectivity index (χ2v) is 2.45. The first kappa shape index (κ1) is 5.83. The summed E-state index contributed by atoms with van der Waals surface area (Å²) in [6, 6.07) is 0.459. The van der Waals surface area contributed by atoms with Crippen molar-refractivity contribution in [2.75, 3.05) is 0 Å². The second-order valence-electron chi connectivity index (χ2n) is 2.45. The number of hydrogen-bond donors (Lipinski definition) is 1. The van der Waals surface area contributed by atoms with Crippen LogP contribution in [0.4, 0.5) is 0 Å². The molecule has 0 aromatic carbocycles. The molecule has 1 atom stereocenters. The second kappa shape index (κ2) is 2.31. The Kier molecular flexibility index (Phi) is 1.69. The smallest absolute Gasteiger partial charge is 0.00791 e. The third-order valence-electron chi connectivity index (χ3n) is 1.77. The van der Waals surface area contributed by atoms with E-state index in [4.69, 9.17) is 5.73 Å². The number of nitrogens with two attached hydrogens (primary N) is 1. The van der Waals surface area contributed by atoms with Gasteiger partial charge in [-0.2, -0.15) is 0 Å². The van der Waals surface area contributed by atoms with Gasteiger partial charge >= 0.3 is 0 Å². The van der Waals surface area contributed by atoms with Crippen LogP contribution in [0, 0.1) is 0 Å². The van der Waals surface area contributed by atoms with E-state index in [2.05, 4.69) is 13.0 Å². The van der Waals surface area contributed by atoms with Gasteiger partial charge in [0.1, 0.15) is 0 Å². The van der Waals surface area contributed by atoms with Gasteiger partial charge in [-0.15, -0.1) is 0 Å². The first-order valence-corrected chi connectivity index (χ1v) is 3.22. The number of allylic oxidation sites excluding steroid dienone is 1. The molecule has 0 aromatic rings. The standard InChI is InChI=1S/C7H13N/c1-2-6-3-4-7(8)5-6/h2,7H,3-5,8H2,1H3. The van der Waals surface area contributed by atoms with Crippen molar-refractivity contribution in [3.63, 3.8) is 0 Å². The molecule has 1 fully saturated rings. The fourth-order valence-corrected chi connectivity index (χ4v) is 1.17. The minimum Gasteiger partial charge on any atom is -0.327 e. The van der Waals surface area contributed by atoms with E-state index in [1.165, 1.54) is 18.4 Å². The van der Waals surface area contributed by atoms with Gasteiger partial charge in [-0.3, -0.25) is 0 Å². The normalized spacial score (nSPS) is 34.2. The minimum atomic E-state index is 0.459. The maximum Gasteiger partial charge on any atom is 0.00791 e. The third-order valence-corrected chi connectivity index (χ3v) is 1.77. The van der Waals surface area contributed by atoms with Gasteiger partial charge in [0.05, 0.1) is 0 Å². The molecule has 2 N–H and O–H groups in total. The summed E-state index contributed by atoms with van der Waals surface area (Å²) < 4.78 is 0. The lowest BCUT2D eigenvalue weighted by Crippen LogP contribution is -2.13.